The normalized spacial score (nSPS) is 0. The summed E-state index contributed by atoms with van der Waals surface area (Å²) in [6.45, 7) is 0. The Morgan fingerprint density at radius 3 is 0.571 bits per heavy atom. The van der Waals surface area contributed by atoms with E-state index in [1.165, 1.54) is 0 Å². The van der Waals surface area contributed by atoms with Crippen LogP contribution in [0.5, 0.6) is 0 Å². The van der Waals surface area contributed by atoms with Crippen molar-refractivity contribution in [3.63, 3.8) is 0 Å². The van der Waals surface area contributed by atoms with E-state index < -0.39 is 0 Å². The van der Waals surface area contributed by atoms with E-state index in [-0.39, 0.29) is 98.1 Å². The average Bonchev–Trinajstić information content (AvgIpc) is 0. The molecule has 0 aromatic rings. The molecule has 0 aliphatic heterocycles. The van der Waals surface area contributed by atoms with Gasteiger partial charge in [-0.3, -0.25) is 0 Å². The molecule has 0 aliphatic carbocycles. The van der Waals surface area contributed by atoms with E-state index in [1.54, 1.807) is 0 Å². The molecule has 0 rings (SSSR count). The molecule has 0 fully saturated rings. The molecule has 6 N–H and O–H groups in total. The molecule has 0 aromatic heterocycles. The van der Waals surface area contributed by atoms with Gasteiger partial charge in [0, 0.05) is 17.1 Å². The van der Waals surface area contributed by atoms with E-state index in [4.69, 9.17) is 0 Å². The van der Waals surface area contributed by atoms with Crippen LogP contribution in [0.2, 0.25) is 0 Å². The Morgan fingerprint density at radius 2 is 0.571 bits per heavy atom. The summed E-state index contributed by atoms with van der Waals surface area (Å²) in [7, 11) is 0. The molecule has 7 heavy (non-hydrogen) atoms. The van der Waals surface area contributed by atoms with E-state index >= 15 is 0 Å². The molecule has 0 bridgehead atoms. The molecule has 1 radical (unpaired) electrons. The SMILES string of the molecule is O.O.[Mn].[Na+].[Na+].[OH-].[OH-]. The number of hydrogen-bond acceptors (Lipinski definition) is 2. The van der Waals surface area contributed by atoms with Gasteiger partial charge in [-0.2, -0.15) is 0 Å². The van der Waals surface area contributed by atoms with Crippen LogP contribution < -0.4 is 59.1 Å². The van der Waals surface area contributed by atoms with Crippen LogP contribution in [0.15, 0.2) is 0 Å². The van der Waals surface area contributed by atoms with Gasteiger partial charge in [0.15, 0.2) is 0 Å². The van der Waals surface area contributed by atoms with Crippen LogP contribution >= 0.6 is 0 Å². The van der Waals surface area contributed by atoms with Gasteiger partial charge in [-0.25, -0.2) is 0 Å². The minimum Gasteiger partial charge on any atom is -0.870 e. The zero-order valence-electron chi connectivity index (χ0n) is 4.27. The predicted octanol–water partition coefficient (Wildman–Crippen LogP) is -8.00. The van der Waals surface area contributed by atoms with Crippen molar-refractivity contribution in [2.24, 2.45) is 0 Å². The van der Waals surface area contributed by atoms with Crippen molar-refractivity contribution in [2.75, 3.05) is 0 Å². The van der Waals surface area contributed by atoms with E-state index in [2.05, 4.69) is 0 Å². The zero-order chi connectivity index (χ0) is 0. The molecule has 0 saturated heterocycles. The van der Waals surface area contributed by atoms with Gasteiger partial charge in [-0.1, -0.05) is 0 Å². The van der Waals surface area contributed by atoms with Crippen LogP contribution in [0.1, 0.15) is 0 Å². The van der Waals surface area contributed by atoms with Gasteiger partial charge in [0.25, 0.3) is 0 Å². The second-order valence-corrected chi connectivity index (χ2v) is 0. The fraction of sp³-hybridized carbons (Fsp3) is 0. The molecule has 0 saturated carbocycles. The van der Waals surface area contributed by atoms with Crippen LogP contribution in [0.4, 0.5) is 0 Å². The molecule has 39 valence electrons. The number of hydrogen-bond donors (Lipinski definition) is 0. The van der Waals surface area contributed by atoms with Crippen LogP contribution in [-0.2, 0) is 17.1 Å². The van der Waals surface area contributed by atoms with Gasteiger partial charge >= 0.3 is 59.1 Å². The maximum absolute atomic E-state index is 0. The van der Waals surface area contributed by atoms with Crippen molar-refractivity contribution in [1.29, 1.82) is 0 Å². The maximum atomic E-state index is 0. The standard InChI is InChI=1S/Mn.2Na.4H2O/h;;;4*1H2/q;2*+1;;;;/p-2. The van der Waals surface area contributed by atoms with Gasteiger partial charge < -0.3 is 21.9 Å². The van der Waals surface area contributed by atoms with Gasteiger partial charge in [-0.15, -0.1) is 0 Å². The molecule has 0 spiro atoms. The smallest absolute Gasteiger partial charge is 0.870 e. The Balaban J connectivity index is 0. The van der Waals surface area contributed by atoms with Gasteiger partial charge in [0.2, 0.25) is 0 Å². The molecule has 0 heterocycles. The Morgan fingerprint density at radius 1 is 0.571 bits per heavy atom. The quantitative estimate of drug-likeness (QED) is 0.336. The summed E-state index contributed by atoms with van der Waals surface area (Å²) in [5.41, 5.74) is 0. The summed E-state index contributed by atoms with van der Waals surface area (Å²) in [5, 5.41) is 0. The maximum Gasteiger partial charge on any atom is 1.00 e. The van der Waals surface area contributed by atoms with Crippen LogP contribution in [-0.4, -0.2) is 21.9 Å². The minimum atomic E-state index is 0. The first-order valence-corrected chi connectivity index (χ1v) is 0. The van der Waals surface area contributed by atoms with Crippen molar-refractivity contribution in [1.82, 2.24) is 0 Å². The second-order valence-electron chi connectivity index (χ2n) is 0. The largest absolute Gasteiger partial charge is 1.00 e. The topological polar surface area (TPSA) is 123 Å². The first-order valence-electron chi connectivity index (χ1n) is 0. The number of rotatable bonds is 0. The van der Waals surface area contributed by atoms with E-state index in [9.17, 15) is 0 Å². The van der Waals surface area contributed by atoms with Crippen molar-refractivity contribution in [2.45, 2.75) is 0 Å². The minimum absolute atomic E-state index is 0. The van der Waals surface area contributed by atoms with Gasteiger partial charge in [0.05, 0.1) is 0 Å². The molecule has 0 amide bonds. The molecule has 0 unspecified atom stereocenters. The Kier molecular flexibility index (Phi) is 1360. The summed E-state index contributed by atoms with van der Waals surface area (Å²) in [6, 6.07) is 0. The van der Waals surface area contributed by atoms with Crippen LogP contribution in [0.25, 0.3) is 0 Å². The molecule has 7 heteroatoms. The summed E-state index contributed by atoms with van der Waals surface area (Å²) >= 11 is 0. The zero-order valence-corrected chi connectivity index (χ0v) is 9.45. The molecule has 4 nitrogen and oxygen atoms in total. The summed E-state index contributed by atoms with van der Waals surface area (Å²) < 4.78 is 0. The summed E-state index contributed by atoms with van der Waals surface area (Å²) in [4.78, 5) is 0. The van der Waals surface area contributed by atoms with Crippen molar-refractivity contribution in [3.05, 3.63) is 0 Å². The van der Waals surface area contributed by atoms with Crippen LogP contribution in [0.3, 0.4) is 0 Å². The fourth-order valence-corrected chi connectivity index (χ4v) is 0. The van der Waals surface area contributed by atoms with Crippen LogP contribution in [0, 0.1) is 0 Å². The van der Waals surface area contributed by atoms with E-state index in [0.717, 1.165) is 0 Å². The third-order valence-corrected chi connectivity index (χ3v) is 0. The van der Waals surface area contributed by atoms with Gasteiger partial charge in [-0.05, 0) is 0 Å². The molecule has 0 atom stereocenters. The first-order chi connectivity index (χ1) is 0. The van der Waals surface area contributed by atoms with Crippen molar-refractivity contribution < 1.29 is 98.1 Å². The van der Waals surface area contributed by atoms with E-state index in [0.29, 0.717) is 0 Å². The molecule has 0 aromatic carbocycles. The first kappa shape index (κ1) is 117. The van der Waals surface area contributed by atoms with Gasteiger partial charge in [0.1, 0.15) is 0 Å². The Bertz CT molecular complexity index is 9.65. The third kappa shape index (κ3) is 60.7. The van der Waals surface area contributed by atoms with Crippen molar-refractivity contribution in [3.8, 4) is 0 Å². The molecular weight excluding hydrogens is 165 g/mol. The molecular formula is H6MnNa2O4. The monoisotopic (exact) mass is 171 g/mol. The average molecular weight is 171 g/mol. The second kappa shape index (κ2) is 81.3. The predicted molar refractivity (Wildman–Crippen MR) is 11.1 cm³/mol. The Hall–Kier alpha value is 2.36. The third-order valence-electron chi connectivity index (χ3n) is 0. The van der Waals surface area contributed by atoms with E-state index in [1.807, 2.05) is 0 Å². The molecule has 0 aliphatic rings. The Labute approximate surface area is 96.7 Å². The summed E-state index contributed by atoms with van der Waals surface area (Å²) in [5.74, 6) is 0. The van der Waals surface area contributed by atoms with Crippen molar-refractivity contribution >= 4 is 0 Å². The fourth-order valence-electron chi connectivity index (χ4n) is 0. The summed E-state index contributed by atoms with van der Waals surface area (Å²) in [6.07, 6.45) is 0.